The monoisotopic (exact) mass is 452 g/mol. The fourth-order valence-corrected chi connectivity index (χ4v) is 4.86. The third-order valence-electron chi connectivity index (χ3n) is 5.74. The van der Waals surface area contributed by atoms with Gasteiger partial charge in [0.05, 0.1) is 6.54 Å². The van der Waals surface area contributed by atoms with Crippen LogP contribution in [0.25, 0.3) is 0 Å². The van der Waals surface area contributed by atoms with Crippen molar-refractivity contribution in [2.24, 2.45) is 0 Å². The number of carbonyl (C=O) groups excluding carboxylic acids is 3. The Hall–Kier alpha value is -2.84. The number of nitrogens with zero attached hydrogens (tertiary/aromatic N) is 3. The van der Waals surface area contributed by atoms with Gasteiger partial charge in [-0.05, 0) is 30.3 Å². The standard InChI is InChI=1S/C24H28N4O3S/c29-22(18-26-9-11-27(12-10-26)23(30)19-5-2-1-3-6-19)25-21-8-4-7-20(17-21)24(31)28-13-15-32-16-14-28/h1-8,17H,9-16,18H2,(H,25,29). The van der Waals surface area contributed by atoms with Crippen molar-refractivity contribution in [3.63, 3.8) is 0 Å². The van der Waals surface area contributed by atoms with Crippen LogP contribution < -0.4 is 5.32 Å². The Morgan fingerprint density at radius 2 is 1.38 bits per heavy atom. The number of rotatable bonds is 5. The van der Waals surface area contributed by atoms with Gasteiger partial charge in [-0.15, -0.1) is 0 Å². The summed E-state index contributed by atoms with van der Waals surface area (Å²) in [7, 11) is 0. The number of benzene rings is 2. The highest BCUT2D eigenvalue weighted by Crippen LogP contribution is 2.16. The van der Waals surface area contributed by atoms with Gasteiger partial charge in [0.25, 0.3) is 11.8 Å². The Morgan fingerprint density at radius 1 is 0.750 bits per heavy atom. The summed E-state index contributed by atoms with van der Waals surface area (Å²) < 4.78 is 0. The molecule has 7 nitrogen and oxygen atoms in total. The molecular weight excluding hydrogens is 424 g/mol. The van der Waals surface area contributed by atoms with Crippen molar-refractivity contribution in [1.82, 2.24) is 14.7 Å². The topological polar surface area (TPSA) is 73.0 Å². The molecule has 2 fully saturated rings. The van der Waals surface area contributed by atoms with Crippen molar-refractivity contribution >= 4 is 35.2 Å². The summed E-state index contributed by atoms with van der Waals surface area (Å²) in [6.45, 7) is 4.28. The Labute approximate surface area is 192 Å². The predicted octanol–water partition coefficient (Wildman–Crippen LogP) is 2.27. The summed E-state index contributed by atoms with van der Waals surface area (Å²) in [6.07, 6.45) is 0. The van der Waals surface area contributed by atoms with Crippen LogP contribution in [0.5, 0.6) is 0 Å². The average Bonchev–Trinajstić information content (AvgIpc) is 2.85. The lowest BCUT2D eigenvalue weighted by Gasteiger charge is -2.34. The summed E-state index contributed by atoms with van der Waals surface area (Å²) in [5, 5.41) is 2.91. The van der Waals surface area contributed by atoms with Crippen molar-refractivity contribution in [3.8, 4) is 0 Å². The zero-order valence-electron chi connectivity index (χ0n) is 18.0. The fraction of sp³-hybridized carbons (Fsp3) is 0.375. The van der Waals surface area contributed by atoms with Gasteiger partial charge in [0.1, 0.15) is 0 Å². The number of hydrogen-bond donors (Lipinski definition) is 1. The molecule has 0 aliphatic carbocycles. The molecule has 2 aliphatic heterocycles. The van der Waals surface area contributed by atoms with Gasteiger partial charge in [0.15, 0.2) is 0 Å². The Bertz CT molecular complexity index is 955. The lowest BCUT2D eigenvalue weighted by Crippen LogP contribution is -2.50. The van der Waals surface area contributed by atoms with Crippen molar-refractivity contribution in [2.75, 3.05) is 62.6 Å². The van der Waals surface area contributed by atoms with Crippen LogP contribution in [-0.2, 0) is 4.79 Å². The maximum Gasteiger partial charge on any atom is 0.253 e. The van der Waals surface area contributed by atoms with E-state index in [2.05, 4.69) is 5.32 Å². The summed E-state index contributed by atoms with van der Waals surface area (Å²) >= 11 is 1.86. The summed E-state index contributed by atoms with van der Waals surface area (Å²) in [4.78, 5) is 43.6. The van der Waals surface area contributed by atoms with Gasteiger partial charge >= 0.3 is 0 Å². The third-order valence-corrected chi connectivity index (χ3v) is 6.68. The molecule has 0 aromatic heterocycles. The van der Waals surface area contributed by atoms with E-state index in [0.717, 1.165) is 24.6 Å². The molecule has 2 aromatic carbocycles. The van der Waals surface area contributed by atoms with E-state index in [1.165, 1.54) is 0 Å². The molecule has 0 spiro atoms. The van der Waals surface area contributed by atoms with Crippen LogP contribution in [0.4, 0.5) is 5.69 Å². The van der Waals surface area contributed by atoms with Crippen molar-refractivity contribution in [1.29, 1.82) is 0 Å². The molecule has 0 unspecified atom stereocenters. The van der Waals surface area contributed by atoms with Gasteiger partial charge < -0.3 is 15.1 Å². The van der Waals surface area contributed by atoms with E-state index in [4.69, 9.17) is 0 Å². The SMILES string of the molecule is O=C(CN1CCN(C(=O)c2ccccc2)CC1)Nc1cccc(C(=O)N2CCSCC2)c1. The first-order chi connectivity index (χ1) is 15.6. The van der Waals surface area contributed by atoms with Crippen LogP contribution in [0.2, 0.25) is 0 Å². The summed E-state index contributed by atoms with van der Waals surface area (Å²) in [5.74, 6) is 1.86. The smallest absolute Gasteiger partial charge is 0.253 e. The maximum atomic E-state index is 12.7. The number of anilines is 1. The molecule has 2 aromatic rings. The van der Waals surface area contributed by atoms with Crippen molar-refractivity contribution in [2.45, 2.75) is 0 Å². The molecule has 3 amide bonds. The first-order valence-corrected chi connectivity index (χ1v) is 12.1. The zero-order valence-corrected chi connectivity index (χ0v) is 18.9. The highest BCUT2D eigenvalue weighted by atomic mass is 32.2. The number of piperazine rings is 1. The maximum absolute atomic E-state index is 12.7. The molecule has 8 heteroatoms. The molecule has 0 atom stereocenters. The number of thioether (sulfide) groups is 1. The molecule has 1 N–H and O–H groups in total. The van der Waals surface area contributed by atoms with Crippen LogP contribution in [0.1, 0.15) is 20.7 Å². The lowest BCUT2D eigenvalue weighted by atomic mass is 10.1. The fourth-order valence-electron chi connectivity index (χ4n) is 3.95. The normalized spacial score (nSPS) is 17.1. The third kappa shape index (κ3) is 5.69. The first kappa shape index (κ1) is 22.4. The second kappa shape index (κ2) is 10.7. The summed E-state index contributed by atoms with van der Waals surface area (Å²) in [5.41, 5.74) is 1.92. The Morgan fingerprint density at radius 3 is 2.09 bits per heavy atom. The van der Waals surface area contributed by atoms with E-state index >= 15 is 0 Å². The number of carbonyl (C=O) groups is 3. The second-order valence-electron chi connectivity index (χ2n) is 7.97. The van der Waals surface area contributed by atoms with E-state index in [1.54, 1.807) is 24.3 Å². The first-order valence-electron chi connectivity index (χ1n) is 10.9. The zero-order chi connectivity index (χ0) is 22.3. The second-order valence-corrected chi connectivity index (χ2v) is 9.19. The minimum Gasteiger partial charge on any atom is -0.337 e. The van der Waals surface area contributed by atoms with Crippen LogP contribution in [0.15, 0.2) is 54.6 Å². The van der Waals surface area contributed by atoms with Crippen LogP contribution in [0, 0.1) is 0 Å². The molecule has 2 aliphatic rings. The molecule has 0 bridgehead atoms. The summed E-state index contributed by atoms with van der Waals surface area (Å²) in [6, 6.07) is 16.4. The molecule has 32 heavy (non-hydrogen) atoms. The minimum atomic E-state index is -0.119. The Kier molecular flexibility index (Phi) is 7.44. The number of nitrogens with one attached hydrogen (secondary N) is 1. The highest BCUT2D eigenvalue weighted by molar-refractivity contribution is 7.99. The van der Waals surface area contributed by atoms with E-state index in [9.17, 15) is 14.4 Å². The van der Waals surface area contributed by atoms with Gasteiger partial charge in [-0.2, -0.15) is 11.8 Å². The van der Waals surface area contributed by atoms with E-state index < -0.39 is 0 Å². The molecule has 4 rings (SSSR count). The van der Waals surface area contributed by atoms with E-state index in [-0.39, 0.29) is 24.3 Å². The van der Waals surface area contributed by atoms with Gasteiger partial charge in [0, 0.05) is 67.6 Å². The molecule has 168 valence electrons. The lowest BCUT2D eigenvalue weighted by molar-refractivity contribution is -0.117. The molecular formula is C24H28N4O3S. The quantitative estimate of drug-likeness (QED) is 0.754. The van der Waals surface area contributed by atoms with Crippen LogP contribution >= 0.6 is 11.8 Å². The van der Waals surface area contributed by atoms with Gasteiger partial charge in [-0.3, -0.25) is 19.3 Å². The van der Waals surface area contributed by atoms with Crippen molar-refractivity contribution in [3.05, 3.63) is 65.7 Å². The van der Waals surface area contributed by atoms with Crippen LogP contribution in [-0.4, -0.2) is 89.7 Å². The van der Waals surface area contributed by atoms with Crippen LogP contribution in [0.3, 0.4) is 0 Å². The van der Waals surface area contributed by atoms with Gasteiger partial charge in [0.2, 0.25) is 5.91 Å². The number of hydrogen-bond acceptors (Lipinski definition) is 5. The Balaban J connectivity index is 1.26. The molecule has 0 radical (unpaired) electrons. The van der Waals surface area contributed by atoms with E-state index in [1.807, 2.05) is 56.8 Å². The molecule has 2 saturated heterocycles. The molecule has 0 saturated carbocycles. The van der Waals surface area contributed by atoms with Crippen molar-refractivity contribution < 1.29 is 14.4 Å². The average molecular weight is 453 g/mol. The number of amides is 3. The molecule has 2 heterocycles. The largest absolute Gasteiger partial charge is 0.337 e. The van der Waals surface area contributed by atoms with Gasteiger partial charge in [-0.25, -0.2) is 0 Å². The highest BCUT2D eigenvalue weighted by Gasteiger charge is 2.23. The minimum absolute atomic E-state index is 0.0144. The van der Waals surface area contributed by atoms with E-state index in [0.29, 0.717) is 43.0 Å². The van der Waals surface area contributed by atoms with Gasteiger partial charge in [-0.1, -0.05) is 24.3 Å². The predicted molar refractivity (Wildman–Crippen MR) is 127 cm³/mol.